The normalized spacial score (nSPS) is 15.3. The quantitative estimate of drug-likeness (QED) is 0.404. The summed E-state index contributed by atoms with van der Waals surface area (Å²) in [4.78, 5) is 45.9. The van der Waals surface area contributed by atoms with E-state index in [9.17, 15) is 14.4 Å². The molecule has 3 aromatic rings. The average molecular weight is 602 g/mol. The molecule has 44 heavy (non-hydrogen) atoms. The molecule has 0 saturated carbocycles. The lowest BCUT2D eigenvalue weighted by molar-refractivity contribution is 0.0743. The number of methoxy groups -OCH3 is 3. The van der Waals surface area contributed by atoms with Gasteiger partial charge >= 0.3 is 0 Å². The Morgan fingerprint density at radius 1 is 0.682 bits per heavy atom. The van der Waals surface area contributed by atoms with Gasteiger partial charge in [-0.05, 0) is 67.6 Å². The molecule has 2 aliphatic rings. The molecule has 0 aromatic heterocycles. The molecule has 0 aliphatic carbocycles. The smallest absolute Gasteiger partial charge is 0.255 e. The van der Waals surface area contributed by atoms with E-state index in [1.54, 1.807) is 74.8 Å². The Morgan fingerprint density at radius 3 is 2.11 bits per heavy atom. The van der Waals surface area contributed by atoms with Gasteiger partial charge in [0.2, 0.25) is 0 Å². The molecule has 232 valence electrons. The van der Waals surface area contributed by atoms with Gasteiger partial charge in [-0.25, -0.2) is 0 Å². The van der Waals surface area contributed by atoms with Crippen LogP contribution in [0.25, 0.3) is 0 Å². The molecule has 3 aromatic carbocycles. The summed E-state index contributed by atoms with van der Waals surface area (Å²) >= 11 is 0. The van der Waals surface area contributed by atoms with E-state index < -0.39 is 0 Å². The molecule has 2 saturated heterocycles. The largest absolute Gasteiger partial charge is 0.497 e. The van der Waals surface area contributed by atoms with Crippen molar-refractivity contribution in [3.05, 3.63) is 77.4 Å². The van der Waals surface area contributed by atoms with Crippen LogP contribution in [0.5, 0.6) is 17.2 Å². The Bertz CT molecular complexity index is 1500. The number of hydrogen-bond donors (Lipinski definition) is 2. The molecular formula is C33H39N5O6. The summed E-state index contributed by atoms with van der Waals surface area (Å²) in [5, 5.41) is 6.37. The van der Waals surface area contributed by atoms with Crippen LogP contribution in [-0.4, -0.2) is 101 Å². The Balaban J connectivity index is 1.36. The highest BCUT2D eigenvalue weighted by Gasteiger charge is 2.26. The van der Waals surface area contributed by atoms with Gasteiger partial charge in [-0.15, -0.1) is 0 Å². The molecule has 0 unspecified atom stereocenters. The van der Waals surface area contributed by atoms with E-state index in [4.69, 9.17) is 14.2 Å². The number of piperazine rings is 1. The highest BCUT2D eigenvalue weighted by molar-refractivity contribution is 6.07. The van der Waals surface area contributed by atoms with Gasteiger partial charge < -0.3 is 39.5 Å². The van der Waals surface area contributed by atoms with Gasteiger partial charge in [-0.1, -0.05) is 6.07 Å². The third kappa shape index (κ3) is 6.89. The molecule has 0 bridgehead atoms. The van der Waals surface area contributed by atoms with Crippen LogP contribution in [0.3, 0.4) is 0 Å². The van der Waals surface area contributed by atoms with Gasteiger partial charge in [0, 0.05) is 62.5 Å². The first-order valence-electron chi connectivity index (χ1n) is 14.8. The zero-order valence-corrected chi connectivity index (χ0v) is 25.4. The number of hydrogen-bond acceptors (Lipinski definition) is 8. The second kappa shape index (κ2) is 14.1. The maximum atomic E-state index is 13.5. The van der Waals surface area contributed by atoms with E-state index >= 15 is 0 Å². The van der Waals surface area contributed by atoms with E-state index in [1.165, 1.54) is 0 Å². The first kappa shape index (κ1) is 30.7. The average Bonchev–Trinajstić information content (AvgIpc) is 3.37. The highest BCUT2D eigenvalue weighted by atomic mass is 16.5. The third-order valence-electron chi connectivity index (χ3n) is 7.99. The SMILES string of the molecule is COc1cccc(C(=O)Nc2cc(C(=O)N3CCCNCC3)ccc2N2CCN(C(=O)c3ccc(OC)c(OC)c3)CC2)c1. The number of amides is 3. The first-order valence-corrected chi connectivity index (χ1v) is 14.8. The van der Waals surface area contributed by atoms with Crippen LogP contribution in [0.15, 0.2) is 60.7 Å². The van der Waals surface area contributed by atoms with Gasteiger partial charge in [0.15, 0.2) is 11.5 Å². The molecule has 5 rings (SSSR count). The van der Waals surface area contributed by atoms with Crippen molar-refractivity contribution in [2.45, 2.75) is 6.42 Å². The van der Waals surface area contributed by atoms with Crippen molar-refractivity contribution in [2.75, 3.05) is 83.9 Å². The minimum Gasteiger partial charge on any atom is -0.497 e. The fourth-order valence-electron chi connectivity index (χ4n) is 5.54. The summed E-state index contributed by atoms with van der Waals surface area (Å²) in [7, 11) is 4.65. The lowest BCUT2D eigenvalue weighted by atomic mass is 10.1. The molecule has 0 radical (unpaired) electrons. The zero-order chi connectivity index (χ0) is 31.1. The molecule has 0 atom stereocenters. The molecule has 11 heteroatoms. The van der Waals surface area contributed by atoms with E-state index in [1.807, 2.05) is 17.0 Å². The fraction of sp³-hybridized carbons (Fsp3) is 0.364. The second-order valence-corrected chi connectivity index (χ2v) is 10.7. The summed E-state index contributed by atoms with van der Waals surface area (Å²) in [6, 6.07) is 17.5. The number of rotatable bonds is 8. The minimum atomic E-state index is -0.309. The van der Waals surface area contributed by atoms with Crippen molar-refractivity contribution in [3.63, 3.8) is 0 Å². The van der Waals surface area contributed by atoms with E-state index in [2.05, 4.69) is 15.5 Å². The maximum Gasteiger partial charge on any atom is 0.255 e. The van der Waals surface area contributed by atoms with Crippen molar-refractivity contribution in [3.8, 4) is 17.2 Å². The molecule has 2 heterocycles. The molecule has 3 amide bonds. The number of carbonyl (C=O) groups is 3. The second-order valence-electron chi connectivity index (χ2n) is 10.7. The van der Waals surface area contributed by atoms with Gasteiger partial charge in [0.25, 0.3) is 17.7 Å². The molecule has 2 N–H and O–H groups in total. The Labute approximate surface area is 257 Å². The van der Waals surface area contributed by atoms with Gasteiger partial charge in [0.05, 0.1) is 32.7 Å². The summed E-state index contributed by atoms with van der Waals surface area (Å²) < 4.78 is 16.0. The fourth-order valence-corrected chi connectivity index (χ4v) is 5.54. The molecule has 2 aliphatic heterocycles. The van der Waals surface area contributed by atoms with E-state index in [0.717, 1.165) is 25.2 Å². The van der Waals surface area contributed by atoms with Gasteiger partial charge in [-0.2, -0.15) is 0 Å². The van der Waals surface area contributed by atoms with Crippen molar-refractivity contribution < 1.29 is 28.6 Å². The maximum absolute atomic E-state index is 13.5. The van der Waals surface area contributed by atoms with Crippen molar-refractivity contribution in [2.24, 2.45) is 0 Å². The van der Waals surface area contributed by atoms with Crippen LogP contribution in [0, 0.1) is 0 Å². The highest BCUT2D eigenvalue weighted by Crippen LogP contribution is 2.31. The summed E-state index contributed by atoms with van der Waals surface area (Å²) in [6.07, 6.45) is 0.884. The predicted octanol–water partition coefficient (Wildman–Crippen LogP) is 3.36. The van der Waals surface area contributed by atoms with Crippen LogP contribution in [0.2, 0.25) is 0 Å². The van der Waals surface area contributed by atoms with Crippen molar-refractivity contribution in [1.82, 2.24) is 15.1 Å². The lowest BCUT2D eigenvalue weighted by Gasteiger charge is -2.37. The first-order chi connectivity index (χ1) is 21.4. The molecule has 11 nitrogen and oxygen atoms in total. The van der Waals surface area contributed by atoms with Crippen molar-refractivity contribution >= 4 is 29.1 Å². The molecular weight excluding hydrogens is 562 g/mol. The van der Waals surface area contributed by atoms with Crippen LogP contribution in [0.1, 0.15) is 37.5 Å². The Kier molecular flexibility index (Phi) is 9.86. The van der Waals surface area contributed by atoms with E-state index in [0.29, 0.717) is 78.9 Å². The zero-order valence-electron chi connectivity index (χ0n) is 25.4. The number of nitrogens with zero attached hydrogens (tertiary/aromatic N) is 3. The monoisotopic (exact) mass is 601 g/mol. The molecule has 0 spiro atoms. The standard InChI is InChI=1S/C33H39N5O6/c1-42-26-7-4-6-23(20-26)31(39)35-27-21-24(32(40)37-14-5-12-34-13-15-37)8-10-28(27)36-16-18-38(19-17-36)33(41)25-9-11-29(43-2)30(22-25)44-3/h4,6-11,20-22,34H,5,12-19H2,1-3H3,(H,35,39). The number of ether oxygens (including phenoxy) is 3. The predicted molar refractivity (Wildman–Crippen MR) is 168 cm³/mol. The number of anilines is 2. The van der Waals surface area contributed by atoms with Gasteiger partial charge in [0.1, 0.15) is 5.75 Å². The van der Waals surface area contributed by atoms with E-state index in [-0.39, 0.29) is 17.7 Å². The topological polar surface area (TPSA) is 113 Å². The Morgan fingerprint density at radius 2 is 1.39 bits per heavy atom. The summed E-state index contributed by atoms with van der Waals surface area (Å²) in [6.45, 7) is 4.99. The lowest BCUT2D eigenvalue weighted by Crippen LogP contribution is -2.49. The van der Waals surface area contributed by atoms with Crippen LogP contribution in [-0.2, 0) is 0 Å². The number of benzene rings is 3. The minimum absolute atomic E-state index is 0.0672. The Hall–Kier alpha value is -4.77. The van der Waals surface area contributed by atoms with Crippen LogP contribution >= 0.6 is 0 Å². The van der Waals surface area contributed by atoms with Crippen LogP contribution in [0.4, 0.5) is 11.4 Å². The number of carbonyl (C=O) groups excluding carboxylic acids is 3. The van der Waals surface area contributed by atoms with Crippen LogP contribution < -0.4 is 29.7 Å². The van der Waals surface area contributed by atoms with Crippen molar-refractivity contribution in [1.29, 1.82) is 0 Å². The number of nitrogens with one attached hydrogen (secondary N) is 2. The third-order valence-corrected chi connectivity index (χ3v) is 7.99. The summed E-state index contributed by atoms with van der Waals surface area (Å²) in [5.41, 5.74) is 2.80. The van der Waals surface area contributed by atoms with Gasteiger partial charge in [-0.3, -0.25) is 14.4 Å². The molecule has 2 fully saturated rings. The summed E-state index contributed by atoms with van der Waals surface area (Å²) in [5.74, 6) is 1.17.